The van der Waals surface area contributed by atoms with Crippen LogP contribution in [0.25, 0.3) is 0 Å². The van der Waals surface area contributed by atoms with E-state index in [1.54, 1.807) is 24.3 Å². The van der Waals surface area contributed by atoms with E-state index >= 15 is 0 Å². The summed E-state index contributed by atoms with van der Waals surface area (Å²) in [6.45, 7) is 2.01. The zero-order valence-electron chi connectivity index (χ0n) is 12.4. The summed E-state index contributed by atoms with van der Waals surface area (Å²) in [4.78, 5) is 11.1. The number of nitrogens with one attached hydrogen (secondary N) is 1. The molecule has 1 aliphatic rings. The highest BCUT2D eigenvalue weighted by Crippen LogP contribution is 2.27. The number of aromatic nitrogens is 2. The molecule has 1 N–H and O–H groups in total. The number of halogens is 2. The van der Waals surface area contributed by atoms with Crippen molar-refractivity contribution in [2.45, 2.75) is 18.8 Å². The van der Waals surface area contributed by atoms with Crippen LogP contribution in [-0.2, 0) is 0 Å². The summed E-state index contributed by atoms with van der Waals surface area (Å²) in [5, 5.41) is 3.35. The second-order valence-electron chi connectivity index (χ2n) is 5.64. The zero-order chi connectivity index (χ0) is 15.5. The minimum Gasteiger partial charge on any atom is -0.338 e. The molecule has 2 heterocycles. The third-order valence-corrected chi connectivity index (χ3v) is 4.03. The van der Waals surface area contributed by atoms with Gasteiger partial charge in [0, 0.05) is 18.5 Å². The highest BCUT2D eigenvalue weighted by atomic mass is 35.5. The Labute approximate surface area is 134 Å². The van der Waals surface area contributed by atoms with Crippen LogP contribution in [0.4, 0.5) is 15.9 Å². The van der Waals surface area contributed by atoms with E-state index in [1.165, 1.54) is 6.07 Å². The highest BCUT2D eigenvalue weighted by Gasteiger charge is 2.22. The van der Waals surface area contributed by atoms with Crippen LogP contribution < -0.4 is 5.32 Å². The molecule has 0 bridgehead atoms. The van der Waals surface area contributed by atoms with Crippen molar-refractivity contribution < 1.29 is 4.39 Å². The van der Waals surface area contributed by atoms with Crippen LogP contribution in [0.2, 0.25) is 5.15 Å². The number of hydrogen-bond donors (Lipinski definition) is 1. The largest absolute Gasteiger partial charge is 0.338 e. The predicted molar refractivity (Wildman–Crippen MR) is 86.2 cm³/mol. The fraction of sp³-hybridized carbons (Fsp3) is 0.375. The number of anilines is 2. The van der Waals surface area contributed by atoms with Crippen molar-refractivity contribution >= 4 is 23.1 Å². The van der Waals surface area contributed by atoms with Gasteiger partial charge in [-0.3, -0.25) is 0 Å². The van der Waals surface area contributed by atoms with Crippen molar-refractivity contribution in [1.82, 2.24) is 14.9 Å². The van der Waals surface area contributed by atoms with E-state index in [-0.39, 0.29) is 11.7 Å². The lowest BCUT2D eigenvalue weighted by Gasteiger charge is -2.28. The molecule has 0 amide bonds. The van der Waals surface area contributed by atoms with Gasteiger partial charge in [0.15, 0.2) is 0 Å². The Hall–Kier alpha value is -1.72. The maximum absolute atomic E-state index is 13.7. The average molecular weight is 321 g/mol. The average Bonchev–Trinajstić information content (AvgIpc) is 2.49. The van der Waals surface area contributed by atoms with E-state index in [4.69, 9.17) is 11.6 Å². The fourth-order valence-corrected chi connectivity index (χ4v) is 2.95. The summed E-state index contributed by atoms with van der Waals surface area (Å²) in [7, 11) is 2.09. The molecule has 1 unspecified atom stereocenters. The van der Waals surface area contributed by atoms with Crippen LogP contribution in [0.1, 0.15) is 24.6 Å². The lowest BCUT2D eigenvalue weighted by atomic mass is 9.98. The van der Waals surface area contributed by atoms with Crippen LogP contribution in [0.15, 0.2) is 30.3 Å². The fourth-order valence-electron chi connectivity index (χ4n) is 2.76. The number of piperidine rings is 1. The topological polar surface area (TPSA) is 41.1 Å². The van der Waals surface area contributed by atoms with Gasteiger partial charge in [-0.25, -0.2) is 14.4 Å². The monoisotopic (exact) mass is 320 g/mol. The van der Waals surface area contributed by atoms with Crippen molar-refractivity contribution in [1.29, 1.82) is 0 Å². The number of likely N-dealkylation sites (tertiary alicyclic amines) is 1. The zero-order valence-corrected chi connectivity index (χ0v) is 13.1. The molecule has 1 fully saturated rings. The lowest BCUT2D eigenvalue weighted by Crippen LogP contribution is -2.31. The lowest BCUT2D eigenvalue weighted by molar-refractivity contribution is 0.246. The molecule has 1 aromatic carbocycles. The molecule has 0 radical (unpaired) electrons. The molecule has 22 heavy (non-hydrogen) atoms. The van der Waals surface area contributed by atoms with Gasteiger partial charge in [0.05, 0.1) is 5.69 Å². The Kier molecular flexibility index (Phi) is 4.55. The molecule has 0 saturated carbocycles. The minimum absolute atomic E-state index is 0.263. The van der Waals surface area contributed by atoms with Gasteiger partial charge < -0.3 is 10.2 Å². The first-order valence-corrected chi connectivity index (χ1v) is 7.74. The highest BCUT2D eigenvalue weighted by molar-refractivity contribution is 6.29. The van der Waals surface area contributed by atoms with Crippen molar-refractivity contribution in [3.63, 3.8) is 0 Å². The maximum Gasteiger partial charge on any atom is 0.146 e. The van der Waals surface area contributed by atoms with E-state index in [0.29, 0.717) is 16.7 Å². The van der Waals surface area contributed by atoms with Crippen molar-refractivity contribution in [3.05, 3.63) is 47.1 Å². The smallest absolute Gasteiger partial charge is 0.146 e. The first kappa shape index (κ1) is 15.2. The van der Waals surface area contributed by atoms with Crippen LogP contribution in [0, 0.1) is 5.82 Å². The molecule has 3 rings (SSSR count). The maximum atomic E-state index is 13.7. The van der Waals surface area contributed by atoms with Gasteiger partial charge in [-0.15, -0.1) is 0 Å². The van der Waals surface area contributed by atoms with Gasteiger partial charge in [0.25, 0.3) is 0 Å². The second kappa shape index (κ2) is 6.58. The molecule has 1 atom stereocenters. The summed E-state index contributed by atoms with van der Waals surface area (Å²) in [5.74, 6) is 1.18. The molecular weight excluding hydrogens is 303 g/mol. The van der Waals surface area contributed by atoms with Crippen molar-refractivity contribution in [3.8, 4) is 0 Å². The van der Waals surface area contributed by atoms with Gasteiger partial charge in [0.2, 0.25) is 0 Å². The quantitative estimate of drug-likeness (QED) is 0.873. The van der Waals surface area contributed by atoms with Gasteiger partial charge in [-0.1, -0.05) is 23.7 Å². The van der Waals surface area contributed by atoms with Crippen molar-refractivity contribution in [2.24, 2.45) is 0 Å². The summed E-state index contributed by atoms with van der Waals surface area (Å²) in [6, 6.07) is 8.10. The number of hydrogen-bond acceptors (Lipinski definition) is 4. The molecule has 116 valence electrons. The van der Waals surface area contributed by atoms with Gasteiger partial charge >= 0.3 is 0 Å². The first-order chi connectivity index (χ1) is 10.6. The van der Waals surface area contributed by atoms with E-state index in [1.807, 2.05) is 0 Å². The van der Waals surface area contributed by atoms with Crippen LogP contribution in [-0.4, -0.2) is 35.0 Å². The molecule has 1 aliphatic heterocycles. The van der Waals surface area contributed by atoms with E-state index in [0.717, 1.165) is 31.8 Å². The summed E-state index contributed by atoms with van der Waals surface area (Å²) < 4.78 is 13.7. The standard InChI is InChI=1S/C16H18ClFN4/c1-22-8-4-5-11(10-22)16-20-14(17)9-15(21-16)19-13-7-3-2-6-12(13)18/h2-3,6-7,9,11H,4-5,8,10H2,1H3,(H,19,20,21). The predicted octanol–water partition coefficient (Wildman–Crippen LogP) is 3.82. The normalized spacial score (nSPS) is 19.1. The third kappa shape index (κ3) is 3.54. The molecular formula is C16H18ClFN4. The Balaban J connectivity index is 1.85. The van der Waals surface area contributed by atoms with E-state index < -0.39 is 0 Å². The van der Waals surface area contributed by atoms with Crippen molar-refractivity contribution in [2.75, 3.05) is 25.5 Å². The summed E-state index contributed by atoms with van der Waals surface area (Å²) >= 11 is 6.11. The van der Waals surface area contributed by atoms with Gasteiger partial charge in [0.1, 0.15) is 22.6 Å². The first-order valence-electron chi connectivity index (χ1n) is 7.36. The molecule has 0 spiro atoms. The number of likely N-dealkylation sites (N-methyl/N-ethyl adjacent to an activating group) is 1. The molecule has 6 heteroatoms. The van der Waals surface area contributed by atoms with E-state index in [9.17, 15) is 4.39 Å². The Bertz CT molecular complexity index is 664. The SMILES string of the molecule is CN1CCCC(c2nc(Cl)cc(Nc3ccccc3F)n2)C1. The molecule has 4 nitrogen and oxygen atoms in total. The number of benzene rings is 1. The molecule has 2 aromatic rings. The molecule has 0 aliphatic carbocycles. The Morgan fingerprint density at radius 1 is 1.32 bits per heavy atom. The van der Waals surface area contributed by atoms with E-state index in [2.05, 4.69) is 27.2 Å². The van der Waals surface area contributed by atoms with Crippen LogP contribution in [0.5, 0.6) is 0 Å². The van der Waals surface area contributed by atoms with Gasteiger partial charge in [-0.05, 0) is 38.6 Å². The Morgan fingerprint density at radius 2 is 2.14 bits per heavy atom. The molecule has 1 saturated heterocycles. The number of rotatable bonds is 3. The van der Waals surface area contributed by atoms with Crippen LogP contribution in [0.3, 0.4) is 0 Å². The molecule has 1 aromatic heterocycles. The number of para-hydroxylation sites is 1. The third-order valence-electron chi connectivity index (χ3n) is 3.84. The second-order valence-corrected chi connectivity index (χ2v) is 6.03. The summed E-state index contributed by atoms with van der Waals surface area (Å²) in [6.07, 6.45) is 2.16. The minimum atomic E-state index is -0.323. The summed E-state index contributed by atoms with van der Waals surface area (Å²) in [5.41, 5.74) is 0.379. The number of nitrogens with zero attached hydrogens (tertiary/aromatic N) is 3. The van der Waals surface area contributed by atoms with Crippen LogP contribution >= 0.6 is 11.6 Å². The van der Waals surface area contributed by atoms with Gasteiger partial charge in [-0.2, -0.15) is 0 Å². The Morgan fingerprint density at radius 3 is 2.91 bits per heavy atom.